The second-order valence-corrected chi connectivity index (χ2v) is 3.61. The fraction of sp³-hybridized carbons (Fsp3) is 1.00. The van der Waals surface area contributed by atoms with Crippen LogP contribution in [0.2, 0.25) is 0 Å². The molecule has 0 aliphatic heterocycles. The maximum atomic E-state index is 8.92. The summed E-state index contributed by atoms with van der Waals surface area (Å²) in [4.78, 5) is 0. The van der Waals surface area contributed by atoms with Crippen LogP contribution in [0.5, 0.6) is 0 Å². The average molecular weight is 161 g/mol. The molecule has 0 spiro atoms. The van der Waals surface area contributed by atoms with E-state index in [-0.39, 0.29) is 18.2 Å². The Morgan fingerprint density at radius 1 is 1.45 bits per heavy atom. The van der Waals surface area contributed by atoms with Crippen LogP contribution in [0.1, 0.15) is 27.2 Å². The van der Waals surface area contributed by atoms with Crippen molar-refractivity contribution in [2.75, 3.05) is 13.2 Å². The Hall–Kier alpha value is -0.120. The van der Waals surface area contributed by atoms with E-state index in [1.165, 1.54) is 0 Å². The largest absolute Gasteiger partial charge is 0.394 e. The summed E-state index contributed by atoms with van der Waals surface area (Å²) >= 11 is 0. The molecule has 3 N–H and O–H groups in total. The van der Waals surface area contributed by atoms with Crippen molar-refractivity contribution in [3.8, 4) is 0 Å². The van der Waals surface area contributed by atoms with Gasteiger partial charge in [-0.2, -0.15) is 0 Å². The predicted molar refractivity (Wildman–Crippen MR) is 45.5 cm³/mol. The van der Waals surface area contributed by atoms with Gasteiger partial charge in [-0.3, -0.25) is 0 Å². The Morgan fingerprint density at radius 2 is 2.00 bits per heavy atom. The molecule has 0 saturated carbocycles. The molecule has 1 atom stereocenters. The third-order valence-electron chi connectivity index (χ3n) is 1.56. The van der Waals surface area contributed by atoms with Gasteiger partial charge in [0.2, 0.25) is 0 Å². The standard InChI is InChI=1S/C8H19NO2/c1-7(11)4-5-9-8(2,3)6-10/h7,9-11H,4-6H2,1-3H3. The number of hydrogen-bond acceptors (Lipinski definition) is 3. The number of aliphatic hydroxyl groups is 2. The Bertz CT molecular complexity index is 102. The van der Waals surface area contributed by atoms with Gasteiger partial charge in [-0.15, -0.1) is 0 Å². The highest BCUT2D eigenvalue weighted by atomic mass is 16.3. The van der Waals surface area contributed by atoms with Crippen molar-refractivity contribution in [2.45, 2.75) is 38.8 Å². The topological polar surface area (TPSA) is 52.5 Å². The van der Waals surface area contributed by atoms with Gasteiger partial charge in [0.25, 0.3) is 0 Å². The lowest BCUT2D eigenvalue weighted by atomic mass is 10.1. The quantitative estimate of drug-likeness (QED) is 0.537. The van der Waals surface area contributed by atoms with Gasteiger partial charge >= 0.3 is 0 Å². The highest BCUT2D eigenvalue weighted by Gasteiger charge is 2.14. The molecule has 0 bridgehead atoms. The lowest BCUT2D eigenvalue weighted by Crippen LogP contribution is -2.43. The zero-order valence-corrected chi connectivity index (χ0v) is 7.59. The number of nitrogens with one attached hydrogen (secondary N) is 1. The van der Waals surface area contributed by atoms with E-state index < -0.39 is 0 Å². The van der Waals surface area contributed by atoms with Crippen molar-refractivity contribution in [2.24, 2.45) is 0 Å². The lowest BCUT2D eigenvalue weighted by Gasteiger charge is -2.23. The maximum absolute atomic E-state index is 8.92. The monoisotopic (exact) mass is 161 g/mol. The van der Waals surface area contributed by atoms with Gasteiger partial charge in [-0.1, -0.05) is 0 Å². The van der Waals surface area contributed by atoms with E-state index >= 15 is 0 Å². The van der Waals surface area contributed by atoms with Crippen LogP contribution in [-0.2, 0) is 0 Å². The first kappa shape index (κ1) is 10.9. The van der Waals surface area contributed by atoms with Crippen LogP contribution in [0.15, 0.2) is 0 Å². The molecule has 1 unspecified atom stereocenters. The summed E-state index contributed by atoms with van der Waals surface area (Å²) in [6, 6.07) is 0. The van der Waals surface area contributed by atoms with Crippen molar-refractivity contribution in [3.05, 3.63) is 0 Å². The molecule has 0 heterocycles. The molecule has 0 fully saturated rings. The molecule has 0 aromatic heterocycles. The maximum Gasteiger partial charge on any atom is 0.0607 e. The summed E-state index contributed by atoms with van der Waals surface area (Å²) in [6.07, 6.45) is 0.459. The van der Waals surface area contributed by atoms with Gasteiger partial charge < -0.3 is 15.5 Å². The molecule has 68 valence electrons. The molecule has 11 heavy (non-hydrogen) atoms. The molecule has 0 aliphatic carbocycles. The Morgan fingerprint density at radius 3 is 2.36 bits per heavy atom. The van der Waals surface area contributed by atoms with Crippen LogP contribution < -0.4 is 5.32 Å². The summed E-state index contributed by atoms with van der Waals surface area (Å²) in [5.41, 5.74) is -0.227. The van der Waals surface area contributed by atoms with Crippen molar-refractivity contribution in [1.82, 2.24) is 5.32 Å². The Labute approximate surface area is 68.4 Å². The van der Waals surface area contributed by atoms with Crippen LogP contribution in [-0.4, -0.2) is 35.0 Å². The van der Waals surface area contributed by atoms with Gasteiger partial charge in [-0.05, 0) is 33.7 Å². The highest BCUT2D eigenvalue weighted by Crippen LogP contribution is 1.99. The van der Waals surface area contributed by atoms with E-state index in [0.717, 1.165) is 13.0 Å². The molecule has 0 saturated heterocycles. The van der Waals surface area contributed by atoms with E-state index in [2.05, 4.69) is 5.32 Å². The number of aliphatic hydroxyl groups excluding tert-OH is 2. The van der Waals surface area contributed by atoms with Crippen molar-refractivity contribution in [3.63, 3.8) is 0 Å². The molecule has 3 nitrogen and oxygen atoms in total. The first-order valence-electron chi connectivity index (χ1n) is 4.02. The van der Waals surface area contributed by atoms with E-state index in [1.54, 1.807) is 6.92 Å². The minimum atomic E-state index is -0.267. The van der Waals surface area contributed by atoms with Crippen LogP contribution in [0.4, 0.5) is 0 Å². The zero-order chi connectivity index (χ0) is 8.91. The van der Waals surface area contributed by atoms with E-state index in [1.807, 2.05) is 13.8 Å². The smallest absolute Gasteiger partial charge is 0.0607 e. The predicted octanol–water partition coefficient (Wildman–Crippen LogP) is 0.118. The second-order valence-electron chi connectivity index (χ2n) is 3.61. The van der Waals surface area contributed by atoms with E-state index in [9.17, 15) is 0 Å². The fourth-order valence-electron chi connectivity index (χ4n) is 0.675. The molecule has 0 rings (SSSR count). The number of hydrogen-bond donors (Lipinski definition) is 3. The minimum Gasteiger partial charge on any atom is -0.394 e. The van der Waals surface area contributed by atoms with E-state index in [4.69, 9.17) is 10.2 Å². The third kappa shape index (κ3) is 6.28. The average Bonchev–Trinajstić information content (AvgIpc) is 1.87. The van der Waals surface area contributed by atoms with Gasteiger partial charge in [0.15, 0.2) is 0 Å². The normalized spacial score (nSPS) is 15.0. The van der Waals surface area contributed by atoms with Gasteiger partial charge in [0, 0.05) is 5.54 Å². The molecule has 0 amide bonds. The summed E-state index contributed by atoms with van der Waals surface area (Å²) in [6.45, 7) is 6.47. The summed E-state index contributed by atoms with van der Waals surface area (Å²) in [5, 5.41) is 20.9. The van der Waals surface area contributed by atoms with Crippen molar-refractivity contribution in [1.29, 1.82) is 0 Å². The summed E-state index contributed by atoms with van der Waals surface area (Å²) < 4.78 is 0. The van der Waals surface area contributed by atoms with Crippen LogP contribution in [0.25, 0.3) is 0 Å². The first-order chi connectivity index (χ1) is 4.98. The summed E-state index contributed by atoms with van der Waals surface area (Å²) in [7, 11) is 0. The molecule has 0 aliphatic rings. The third-order valence-corrected chi connectivity index (χ3v) is 1.56. The number of rotatable bonds is 5. The van der Waals surface area contributed by atoms with Crippen molar-refractivity contribution >= 4 is 0 Å². The van der Waals surface area contributed by atoms with Crippen LogP contribution in [0.3, 0.4) is 0 Å². The SMILES string of the molecule is CC(O)CCNC(C)(C)CO. The fourth-order valence-corrected chi connectivity index (χ4v) is 0.675. The van der Waals surface area contributed by atoms with Gasteiger partial charge in [0.1, 0.15) is 0 Å². The molecule has 0 radical (unpaired) electrons. The zero-order valence-electron chi connectivity index (χ0n) is 7.59. The molecular formula is C8H19NO2. The minimum absolute atomic E-state index is 0.118. The Balaban J connectivity index is 3.38. The van der Waals surface area contributed by atoms with Crippen LogP contribution in [0, 0.1) is 0 Å². The van der Waals surface area contributed by atoms with Gasteiger partial charge in [0.05, 0.1) is 12.7 Å². The molecular weight excluding hydrogens is 142 g/mol. The summed E-state index contributed by atoms with van der Waals surface area (Å²) in [5.74, 6) is 0. The second kappa shape index (κ2) is 4.70. The first-order valence-corrected chi connectivity index (χ1v) is 4.02. The molecule has 0 aromatic rings. The molecule has 3 heteroatoms. The molecule has 0 aromatic carbocycles. The Kier molecular flexibility index (Phi) is 4.65. The van der Waals surface area contributed by atoms with Crippen LogP contribution >= 0.6 is 0 Å². The van der Waals surface area contributed by atoms with Crippen molar-refractivity contribution < 1.29 is 10.2 Å². The lowest BCUT2D eigenvalue weighted by molar-refractivity contribution is 0.160. The highest BCUT2D eigenvalue weighted by molar-refractivity contribution is 4.75. The van der Waals surface area contributed by atoms with Gasteiger partial charge in [-0.25, -0.2) is 0 Å². The van der Waals surface area contributed by atoms with E-state index in [0.29, 0.717) is 0 Å².